The van der Waals surface area contributed by atoms with Crippen LogP contribution in [0.15, 0.2) is 54.6 Å². The number of nitrogens with zero attached hydrogens (tertiary/aromatic N) is 2. The molecule has 1 saturated heterocycles. The molecule has 2 aliphatic rings. The Morgan fingerprint density at radius 1 is 1.04 bits per heavy atom. The molecular weight excluding hydrogens is 338 g/mol. The van der Waals surface area contributed by atoms with E-state index >= 15 is 0 Å². The molecule has 1 atom stereocenters. The summed E-state index contributed by atoms with van der Waals surface area (Å²) >= 11 is 0. The summed E-state index contributed by atoms with van der Waals surface area (Å²) in [4.78, 5) is 16.8. The van der Waals surface area contributed by atoms with Gasteiger partial charge in [0.05, 0.1) is 13.2 Å². The van der Waals surface area contributed by atoms with Crippen LogP contribution in [-0.4, -0.2) is 55.2 Å². The smallest absolute Gasteiger partial charge is 0.317 e. The normalized spacial score (nSPS) is 20.1. The van der Waals surface area contributed by atoms with E-state index in [1.54, 1.807) is 0 Å². The third kappa shape index (κ3) is 4.49. The molecule has 0 saturated carbocycles. The van der Waals surface area contributed by atoms with Crippen molar-refractivity contribution in [1.29, 1.82) is 0 Å². The molecule has 0 aliphatic carbocycles. The van der Waals surface area contributed by atoms with Gasteiger partial charge in [-0.15, -0.1) is 0 Å². The predicted octanol–water partition coefficient (Wildman–Crippen LogP) is 2.83. The molecule has 2 heterocycles. The molecule has 5 nitrogen and oxygen atoms in total. The van der Waals surface area contributed by atoms with Crippen molar-refractivity contribution in [3.63, 3.8) is 0 Å². The number of ether oxygens (including phenoxy) is 1. The van der Waals surface area contributed by atoms with E-state index < -0.39 is 0 Å². The first-order chi connectivity index (χ1) is 13.3. The lowest BCUT2D eigenvalue weighted by atomic mass is 10.00. The van der Waals surface area contributed by atoms with Gasteiger partial charge in [-0.3, -0.25) is 4.90 Å². The summed E-state index contributed by atoms with van der Waals surface area (Å²) in [6.45, 7) is 5.41. The summed E-state index contributed by atoms with van der Waals surface area (Å²) in [7, 11) is 0. The van der Waals surface area contributed by atoms with E-state index in [0.29, 0.717) is 26.2 Å². The summed E-state index contributed by atoms with van der Waals surface area (Å²) in [5, 5.41) is 3.09. The number of urea groups is 1. The molecule has 0 aromatic heterocycles. The van der Waals surface area contributed by atoms with Crippen LogP contribution in [0.2, 0.25) is 0 Å². The standard InChI is InChI=1S/C22H27N3O2/c26-22(25-14-15-27-21(17-25)19-7-2-1-3-8-19)23-11-13-24-12-10-18-6-4-5-9-20(18)16-24/h1-9,21H,10-17H2,(H,23,26). The SMILES string of the molecule is O=C(NCCN1CCc2ccccc2C1)N1CCOC(c2ccccc2)C1. The highest BCUT2D eigenvalue weighted by Crippen LogP contribution is 2.22. The molecule has 27 heavy (non-hydrogen) atoms. The van der Waals surface area contributed by atoms with Gasteiger partial charge < -0.3 is 15.0 Å². The zero-order valence-electron chi connectivity index (χ0n) is 15.6. The van der Waals surface area contributed by atoms with Gasteiger partial charge >= 0.3 is 6.03 Å². The zero-order chi connectivity index (χ0) is 18.5. The first kappa shape index (κ1) is 18.0. The largest absolute Gasteiger partial charge is 0.370 e. The quantitative estimate of drug-likeness (QED) is 0.906. The Labute approximate surface area is 160 Å². The van der Waals surface area contributed by atoms with Crippen molar-refractivity contribution in [2.45, 2.75) is 19.1 Å². The summed E-state index contributed by atoms with van der Waals surface area (Å²) < 4.78 is 5.85. The average molecular weight is 365 g/mol. The van der Waals surface area contributed by atoms with Gasteiger partial charge in [-0.2, -0.15) is 0 Å². The van der Waals surface area contributed by atoms with Crippen LogP contribution in [0, 0.1) is 0 Å². The Hall–Kier alpha value is -2.37. The van der Waals surface area contributed by atoms with Gasteiger partial charge in [0, 0.05) is 32.7 Å². The molecular formula is C22H27N3O2. The minimum Gasteiger partial charge on any atom is -0.370 e. The summed E-state index contributed by atoms with van der Waals surface area (Å²) in [5.41, 5.74) is 3.99. The van der Waals surface area contributed by atoms with Crippen molar-refractivity contribution >= 4 is 6.03 Å². The zero-order valence-corrected chi connectivity index (χ0v) is 15.6. The second-order valence-electron chi connectivity index (χ2n) is 7.24. The highest BCUT2D eigenvalue weighted by atomic mass is 16.5. The fourth-order valence-electron chi connectivity index (χ4n) is 3.88. The number of amides is 2. The molecule has 4 rings (SSSR count). The highest BCUT2D eigenvalue weighted by Gasteiger charge is 2.25. The Balaban J connectivity index is 1.24. The van der Waals surface area contributed by atoms with E-state index in [9.17, 15) is 4.79 Å². The minimum absolute atomic E-state index is 0.0108. The number of hydrogen-bond donors (Lipinski definition) is 1. The molecule has 0 radical (unpaired) electrons. The molecule has 0 spiro atoms. The van der Waals surface area contributed by atoms with Crippen LogP contribution in [0.1, 0.15) is 22.8 Å². The maximum Gasteiger partial charge on any atom is 0.317 e. The van der Waals surface area contributed by atoms with Crippen LogP contribution in [0.4, 0.5) is 4.79 Å². The lowest BCUT2D eigenvalue weighted by molar-refractivity contribution is -0.0154. The van der Waals surface area contributed by atoms with Gasteiger partial charge in [0.15, 0.2) is 0 Å². The van der Waals surface area contributed by atoms with Crippen LogP contribution in [0.3, 0.4) is 0 Å². The first-order valence-electron chi connectivity index (χ1n) is 9.78. The molecule has 0 bridgehead atoms. The number of benzene rings is 2. The third-order valence-electron chi connectivity index (χ3n) is 5.44. The topological polar surface area (TPSA) is 44.8 Å². The predicted molar refractivity (Wildman–Crippen MR) is 106 cm³/mol. The maximum atomic E-state index is 12.6. The van der Waals surface area contributed by atoms with Crippen LogP contribution in [0.5, 0.6) is 0 Å². The summed E-state index contributed by atoms with van der Waals surface area (Å²) in [5.74, 6) is 0. The molecule has 2 aromatic rings. The van der Waals surface area contributed by atoms with Crippen molar-refractivity contribution in [3.8, 4) is 0 Å². The van der Waals surface area contributed by atoms with Crippen LogP contribution < -0.4 is 5.32 Å². The number of nitrogens with one attached hydrogen (secondary N) is 1. The number of rotatable bonds is 4. The van der Waals surface area contributed by atoms with Gasteiger partial charge in [0.2, 0.25) is 0 Å². The molecule has 2 aliphatic heterocycles. The van der Waals surface area contributed by atoms with Gasteiger partial charge in [-0.25, -0.2) is 4.79 Å². The first-order valence-corrected chi connectivity index (χ1v) is 9.78. The third-order valence-corrected chi connectivity index (χ3v) is 5.44. The lowest BCUT2D eigenvalue weighted by Crippen LogP contribution is -2.48. The Kier molecular flexibility index (Phi) is 5.70. The lowest BCUT2D eigenvalue weighted by Gasteiger charge is -2.33. The van der Waals surface area contributed by atoms with Crippen LogP contribution >= 0.6 is 0 Å². The second-order valence-corrected chi connectivity index (χ2v) is 7.24. The molecule has 2 amide bonds. The molecule has 142 valence electrons. The number of carbonyl (C=O) groups excluding carboxylic acids is 1. The van der Waals surface area contributed by atoms with Crippen molar-refractivity contribution < 1.29 is 9.53 Å². The Bertz CT molecular complexity index is 765. The van der Waals surface area contributed by atoms with E-state index in [1.807, 2.05) is 23.1 Å². The number of hydrogen-bond acceptors (Lipinski definition) is 3. The van der Waals surface area contributed by atoms with Crippen LogP contribution in [0.25, 0.3) is 0 Å². The Morgan fingerprint density at radius 3 is 2.67 bits per heavy atom. The molecule has 1 N–H and O–H groups in total. The average Bonchev–Trinajstić information content (AvgIpc) is 2.74. The van der Waals surface area contributed by atoms with Crippen LogP contribution in [-0.2, 0) is 17.7 Å². The van der Waals surface area contributed by atoms with Crippen molar-refractivity contribution in [2.24, 2.45) is 0 Å². The molecule has 5 heteroatoms. The second kappa shape index (κ2) is 8.55. The van der Waals surface area contributed by atoms with E-state index in [4.69, 9.17) is 4.74 Å². The summed E-state index contributed by atoms with van der Waals surface area (Å²) in [6, 6.07) is 18.8. The minimum atomic E-state index is -0.0377. The van der Waals surface area contributed by atoms with E-state index in [-0.39, 0.29) is 12.1 Å². The number of fused-ring (bicyclic) bond motifs is 1. The molecule has 1 unspecified atom stereocenters. The van der Waals surface area contributed by atoms with E-state index in [0.717, 1.165) is 31.6 Å². The van der Waals surface area contributed by atoms with Crippen molar-refractivity contribution in [1.82, 2.24) is 15.1 Å². The maximum absolute atomic E-state index is 12.6. The van der Waals surface area contributed by atoms with Gasteiger partial charge in [-0.1, -0.05) is 54.6 Å². The fraction of sp³-hybridized carbons (Fsp3) is 0.409. The van der Waals surface area contributed by atoms with E-state index in [2.05, 4.69) is 46.6 Å². The van der Waals surface area contributed by atoms with Gasteiger partial charge in [0.25, 0.3) is 0 Å². The molecule has 1 fully saturated rings. The number of morpholine rings is 1. The number of carbonyl (C=O) groups is 1. The highest BCUT2D eigenvalue weighted by molar-refractivity contribution is 5.74. The van der Waals surface area contributed by atoms with Gasteiger partial charge in [-0.05, 0) is 23.1 Å². The summed E-state index contributed by atoms with van der Waals surface area (Å²) in [6.07, 6.45) is 1.05. The van der Waals surface area contributed by atoms with Gasteiger partial charge in [0.1, 0.15) is 6.10 Å². The monoisotopic (exact) mass is 365 g/mol. The fourth-order valence-corrected chi connectivity index (χ4v) is 3.88. The van der Waals surface area contributed by atoms with Crippen molar-refractivity contribution in [3.05, 3.63) is 71.3 Å². The van der Waals surface area contributed by atoms with Crippen molar-refractivity contribution in [2.75, 3.05) is 39.3 Å². The molecule has 2 aromatic carbocycles. The van der Waals surface area contributed by atoms with E-state index in [1.165, 1.54) is 11.1 Å². The Morgan fingerprint density at radius 2 is 1.81 bits per heavy atom.